The third-order valence-corrected chi connectivity index (χ3v) is 29.0. The van der Waals surface area contributed by atoms with Gasteiger partial charge in [0.1, 0.15) is 23.4 Å². The van der Waals surface area contributed by atoms with Gasteiger partial charge in [0, 0.05) is 18.9 Å². The number of ether oxygens (including phenoxy) is 2. The first-order valence-corrected chi connectivity index (χ1v) is 26.3. The molecule has 0 saturated carbocycles. The summed E-state index contributed by atoms with van der Waals surface area (Å²) in [5.41, 5.74) is -1.96. The van der Waals surface area contributed by atoms with Crippen LogP contribution in [0.5, 0.6) is 0 Å². The summed E-state index contributed by atoms with van der Waals surface area (Å²) in [4.78, 5) is 0. The molecular formula is C36H74O7Si3. The van der Waals surface area contributed by atoms with Crippen molar-refractivity contribution in [2.75, 3.05) is 13.2 Å². The molecule has 3 rings (SSSR count). The van der Waals surface area contributed by atoms with Crippen LogP contribution in [0.15, 0.2) is 0 Å². The van der Waals surface area contributed by atoms with Crippen molar-refractivity contribution in [1.82, 2.24) is 0 Å². The zero-order chi connectivity index (χ0) is 34.9. The first kappa shape index (κ1) is 40.8. The Balaban J connectivity index is 2.23. The molecule has 8 atom stereocenters. The summed E-state index contributed by atoms with van der Waals surface area (Å²) in [5, 5.41) is 25.5. The predicted octanol–water partition coefficient (Wildman–Crippen LogP) is 8.80. The summed E-state index contributed by atoms with van der Waals surface area (Å²) < 4.78 is 35.7. The van der Waals surface area contributed by atoms with Crippen molar-refractivity contribution in [2.24, 2.45) is 5.92 Å². The first-order chi connectivity index (χ1) is 21.4. The Morgan fingerprint density at radius 1 is 0.761 bits per heavy atom. The highest BCUT2D eigenvalue weighted by Crippen LogP contribution is 2.53. The van der Waals surface area contributed by atoms with Gasteiger partial charge in [-0.2, -0.15) is 0 Å². The van der Waals surface area contributed by atoms with E-state index in [0.29, 0.717) is 42.5 Å². The van der Waals surface area contributed by atoms with E-state index in [0.717, 1.165) is 36.3 Å². The van der Waals surface area contributed by atoms with Gasteiger partial charge in [-0.05, 0) is 72.7 Å². The lowest BCUT2D eigenvalue weighted by atomic mass is 9.68. The molecule has 0 unspecified atom stereocenters. The maximum Gasteiger partial charge on any atom is 0.200 e. The third kappa shape index (κ3) is 7.11. The predicted molar refractivity (Wildman–Crippen MR) is 197 cm³/mol. The molecule has 0 spiro atoms. The summed E-state index contributed by atoms with van der Waals surface area (Å²) in [6.45, 7) is 32.3. The van der Waals surface area contributed by atoms with Crippen LogP contribution in [0.2, 0.25) is 52.9 Å². The average molecular weight is 703 g/mol. The Morgan fingerprint density at radius 2 is 1.26 bits per heavy atom. The van der Waals surface area contributed by atoms with Crippen LogP contribution in [0.3, 0.4) is 0 Å². The smallest absolute Gasteiger partial charge is 0.200 e. The van der Waals surface area contributed by atoms with Gasteiger partial charge in [-0.1, -0.05) is 90.0 Å². The molecule has 3 fully saturated rings. The second-order valence-corrected chi connectivity index (χ2v) is 31.4. The fraction of sp³-hybridized carbons (Fsp3) is 1.00. The summed E-state index contributed by atoms with van der Waals surface area (Å²) in [5.74, 6) is -0.318. The quantitative estimate of drug-likeness (QED) is 0.147. The molecule has 0 amide bonds. The third-order valence-electron chi connectivity index (χ3n) is 13.5. The van der Waals surface area contributed by atoms with Gasteiger partial charge in [0.15, 0.2) is 25.0 Å². The summed E-state index contributed by atoms with van der Waals surface area (Å²) in [6.07, 6.45) is -0.300. The van der Waals surface area contributed by atoms with Crippen LogP contribution in [0.1, 0.15) is 116 Å². The molecule has 2 N–H and O–H groups in total. The number of aliphatic hydroxyl groups is 2. The van der Waals surface area contributed by atoms with Gasteiger partial charge < -0.3 is 33.0 Å². The largest absolute Gasteiger partial charge is 0.416 e. The SMILES string of the molecule is CC[Si](CC)(CC)O[C@H]1C[C@@](C)(O[Si](CC)(CC)CC)[C@H]2CC[C@@]3(O)CO[C@H]([C@H]3O2)[C@@]1(O)[C@H](C)CO[Si](C(C)C)(C(C)C)C(C)C. The lowest BCUT2D eigenvalue weighted by Gasteiger charge is -2.58. The van der Waals surface area contributed by atoms with E-state index in [1.165, 1.54) is 0 Å². The van der Waals surface area contributed by atoms with Crippen LogP contribution in [-0.4, -0.2) is 89.6 Å². The fourth-order valence-corrected chi connectivity index (χ4v) is 21.5. The molecule has 0 aromatic carbocycles. The summed E-state index contributed by atoms with van der Waals surface area (Å²) in [7, 11) is -6.53. The second-order valence-electron chi connectivity index (χ2n) is 16.5. The van der Waals surface area contributed by atoms with E-state index in [1.54, 1.807) is 0 Å². The summed E-state index contributed by atoms with van der Waals surface area (Å²) >= 11 is 0. The molecule has 272 valence electrons. The molecule has 46 heavy (non-hydrogen) atoms. The van der Waals surface area contributed by atoms with Crippen molar-refractivity contribution in [3.63, 3.8) is 0 Å². The van der Waals surface area contributed by atoms with Crippen LogP contribution < -0.4 is 0 Å². The molecule has 3 aliphatic heterocycles. The summed E-state index contributed by atoms with van der Waals surface area (Å²) in [6, 6.07) is 6.04. The normalized spacial score (nSPS) is 34.8. The number of hydrogen-bond donors (Lipinski definition) is 2. The number of rotatable bonds is 17. The molecule has 0 aliphatic carbocycles. The molecule has 0 aromatic heterocycles. The molecule has 2 bridgehead atoms. The molecule has 7 nitrogen and oxygen atoms in total. The van der Waals surface area contributed by atoms with Gasteiger partial charge in [-0.15, -0.1) is 0 Å². The van der Waals surface area contributed by atoms with Gasteiger partial charge >= 0.3 is 0 Å². The Morgan fingerprint density at radius 3 is 1.72 bits per heavy atom. The van der Waals surface area contributed by atoms with Crippen molar-refractivity contribution in [3.05, 3.63) is 0 Å². The molecule has 3 heterocycles. The minimum Gasteiger partial charge on any atom is -0.416 e. The molecule has 0 aromatic rings. The highest BCUT2D eigenvalue weighted by molar-refractivity contribution is 6.77. The van der Waals surface area contributed by atoms with Crippen molar-refractivity contribution in [2.45, 2.75) is 210 Å². The van der Waals surface area contributed by atoms with Crippen molar-refractivity contribution < 1.29 is 33.0 Å². The van der Waals surface area contributed by atoms with Gasteiger partial charge in [-0.25, -0.2) is 0 Å². The average Bonchev–Trinajstić information content (AvgIpc) is 3.37. The van der Waals surface area contributed by atoms with Crippen molar-refractivity contribution in [1.29, 1.82) is 0 Å². The molecule has 3 aliphatic rings. The number of hydrogen-bond acceptors (Lipinski definition) is 7. The van der Waals surface area contributed by atoms with E-state index in [-0.39, 0.29) is 18.6 Å². The standard InChI is InChI=1S/C36H74O7Si3/c1-15-44(16-2,17-3)42-31-23-34(14,43-45(18-4,19-5)20-6)30-21-22-35(37)25-39-33(32(35)41-30)36(31,38)29(13)24-40-46(26(7)8,27(9)10)28(11)12/h26-33,37-38H,15-25H2,1-14H3/t29-,30-,31+,32-,33-,34-,35-,36-/m1/s1. The van der Waals surface area contributed by atoms with E-state index < -0.39 is 60.1 Å². The minimum atomic E-state index is -2.22. The zero-order valence-corrected chi connectivity index (χ0v) is 35.3. The van der Waals surface area contributed by atoms with Crippen LogP contribution >= 0.6 is 0 Å². The van der Waals surface area contributed by atoms with E-state index in [1.807, 2.05) is 0 Å². The van der Waals surface area contributed by atoms with Gasteiger partial charge in [0.2, 0.25) is 0 Å². The lowest BCUT2D eigenvalue weighted by Crippen LogP contribution is -2.72. The van der Waals surface area contributed by atoms with E-state index in [4.69, 9.17) is 22.8 Å². The maximum atomic E-state index is 13.6. The van der Waals surface area contributed by atoms with E-state index >= 15 is 0 Å². The Labute approximate surface area is 286 Å². The maximum absolute atomic E-state index is 13.6. The molecule has 0 radical (unpaired) electrons. The second kappa shape index (κ2) is 15.3. The Kier molecular flexibility index (Phi) is 13.6. The highest BCUT2D eigenvalue weighted by atomic mass is 28.4. The van der Waals surface area contributed by atoms with Crippen LogP contribution in [0.4, 0.5) is 0 Å². The van der Waals surface area contributed by atoms with E-state index in [2.05, 4.69) is 96.9 Å². The topological polar surface area (TPSA) is 86.6 Å². The minimum absolute atomic E-state index is 0.160. The monoisotopic (exact) mass is 702 g/mol. The fourth-order valence-electron chi connectivity index (χ4n) is 9.90. The van der Waals surface area contributed by atoms with Crippen molar-refractivity contribution in [3.8, 4) is 0 Å². The molecule has 3 saturated heterocycles. The molecular weight excluding hydrogens is 629 g/mol. The Bertz CT molecular complexity index is 935. The van der Waals surface area contributed by atoms with Crippen LogP contribution in [0, 0.1) is 5.92 Å². The van der Waals surface area contributed by atoms with Crippen molar-refractivity contribution >= 4 is 25.0 Å². The van der Waals surface area contributed by atoms with E-state index in [9.17, 15) is 10.2 Å². The number of fused-ring (bicyclic) bond motifs is 1. The zero-order valence-electron chi connectivity index (χ0n) is 32.3. The van der Waals surface area contributed by atoms with Gasteiger partial charge in [0.05, 0.1) is 24.4 Å². The van der Waals surface area contributed by atoms with Crippen LogP contribution in [-0.2, 0) is 22.8 Å². The highest BCUT2D eigenvalue weighted by Gasteiger charge is 2.68. The van der Waals surface area contributed by atoms with Gasteiger partial charge in [0.25, 0.3) is 0 Å². The van der Waals surface area contributed by atoms with Crippen LogP contribution in [0.25, 0.3) is 0 Å². The van der Waals surface area contributed by atoms with Gasteiger partial charge in [-0.3, -0.25) is 0 Å². The Hall–Kier alpha value is 0.371. The molecule has 10 heteroatoms. The first-order valence-electron chi connectivity index (χ1n) is 19.1. The lowest BCUT2D eigenvalue weighted by molar-refractivity contribution is -0.272.